The molecule has 1 atom stereocenters. The molecule has 36 heavy (non-hydrogen) atoms. The highest BCUT2D eigenvalue weighted by Crippen LogP contribution is 2.31. The number of hydrogen-bond acceptors (Lipinski definition) is 7. The number of aromatic amines is 1. The van der Waals surface area contributed by atoms with Crippen LogP contribution in [-0.4, -0.2) is 47.8 Å². The van der Waals surface area contributed by atoms with Gasteiger partial charge < -0.3 is 29.6 Å². The molecule has 190 valence electrons. The maximum absolute atomic E-state index is 13.0. The highest BCUT2D eigenvalue weighted by atomic mass is 16.5. The molecule has 1 unspecified atom stereocenters. The normalized spacial score (nSPS) is 11.4. The summed E-state index contributed by atoms with van der Waals surface area (Å²) in [4.78, 5) is 43.7. The van der Waals surface area contributed by atoms with Gasteiger partial charge in [0.25, 0.3) is 11.5 Å². The largest absolute Gasteiger partial charge is 0.497 e. The second kappa shape index (κ2) is 12.4. The van der Waals surface area contributed by atoms with Gasteiger partial charge in [0.1, 0.15) is 17.3 Å². The Bertz CT molecular complexity index is 1260. The highest BCUT2D eigenvalue weighted by Gasteiger charge is 2.22. The third-order valence-corrected chi connectivity index (χ3v) is 5.29. The average molecular weight is 496 g/mol. The molecule has 1 amide bonds. The first-order valence-electron chi connectivity index (χ1n) is 11.4. The van der Waals surface area contributed by atoms with E-state index in [4.69, 9.17) is 14.2 Å². The Labute approximate surface area is 208 Å². The van der Waals surface area contributed by atoms with Crippen LogP contribution in [0.1, 0.15) is 53.2 Å². The molecule has 0 spiro atoms. The van der Waals surface area contributed by atoms with Gasteiger partial charge in [-0.2, -0.15) is 0 Å². The summed E-state index contributed by atoms with van der Waals surface area (Å²) in [5.74, 6) is 0.147. The van der Waals surface area contributed by atoms with Crippen LogP contribution < -0.4 is 25.1 Å². The predicted octanol–water partition coefficient (Wildman–Crippen LogP) is 3.11. The van der Waals surface area contributed by atoms with E-state index in [2.05, 4.69) is 15.3 Å². The van der Waals surface area contributed by atoms with E-state index in [1.165, 1.54) is 7.11 Å². The van der Waals surface area contributed by atoms with Crippen molar-refractivity contribution in [3.63, 3.8) is 0 Å². The van der Waals surface area contributed by atoms with Gasteiger partial charge in [0.05, 0.1) is 33.3 Å². The fourth-order valence-corrected chi connectivity index (χ4v) is 3.54. The molecule has 3 N–H and O–H groups in total. The summed E-state index contributed by atoms with van der Waals surface area (Å²) in [6.07, 6.45) is 0.716. The van der Waals surface area contributed by atoms with Gasteiger partial charge in [-0.15, -0.1) is 0 Å². The van der Waals surface area contributed by atoms with Crippen LogP contribution in [0.5, 0.6) is 17.2 Å². The van der Waals surface area contributed by atoms with Crippen molar-refractivity contribution >= 4 is 11.9 Å². The molecule has 0 radical (unpaired) electrons. The number of methoxy groups -OCH3 is 2. The van der Waals surface area contributed by atoms with E-state index in [1.54, 1.807) is 37.4 Å². The lowest BCUT2D eigenvalue weighted by Crippen LogP contribution is -2.32. The van der Waals surface area contributed by atoms with Gasteiger partial charge in [-0.25, -0.2) is 4.98 Å². The van der Waals surface area contributed by atoms with Gasteiger partial charge in [0, 0.05) is 12.5 Å². The topological polar surface area (TPSA) is 140 Å². The van der Waals surface area contributed by atoms with Crippen LogP contribution in [0.4, 0.5) is 0 Å². The lowest BCUT2D eigenvalue weighted by Gasteiger charge is -2.19. The quantitative estimate of drug-likeness (QED) is 0.348. The van der Waals surface area contributed by atoms with Crippen molar-refractivity contribution in [2.45, 2.75) is 32.2 Å². The monoisotopic (exact) mass is 495 g/mol. The van der Waals surface area contributed by atoms with E-state index >= 15 is 0 Å². The second-order valence-corrected chi connectivity index (χ2v) is 7.98. The molecule has 0 aliphatic heterocycles. The van der Waals surface area contributed by atoms with Gasteiger partial charge >= 0.3 is 5.97 Å². The second-order valence-electron chi connectivity index (χ2n) is 7.98. The predicted molar refractivity (Wildman–Crippen MR) is 132 cm³/mol. The summed E-state index contributed by atoms with van der Waals surface area (Å²) < 4.78 is 16.2. The van der Waals surface area contributed by atoms with Crippen LogP contribution in [0.2, 0.25) is 0 Å². The number of carboxylic acid groups (broad SMARTS) is 1. The van der Waals surface area contributed by atoms with E-state index in [-0.39, 0.29) is 18.5 Å². The Morgan fingerprint density at radius 2 is 1.81 bits per heavy atom. The Morgan fingerprint density at radius 1 is 1.06 bits per heavy atom. The summed E-state index contributed by atoms with van der Waals surface area (Å²) in [5.41, 5.74) is 0.757. The van der Waals surface area contributed by atoms with Crippen molar-refractivity contribution in [3.8, 4) is 17.2 Å². The van der Waals surface area contributed by atoms with Gasteiger partial charge in [-0.05, 0) is 41.8 Å². The maximum Gasteiger partial charge on any atom is 0.305 e. The molecule has 10 nitrogen and oxygen atoms in total. The summed E-state index contributed by atoms with van der Waals surface area (Å²) >= 11 is 0. The van der Waals surface area contributed by atoms with Crippen LogP contribution in [0.15, 0.2) is 53.3 Å². The summed E-state index contributed by atoms with van der Waals surface area (Å²) in [6, 6.07) is 12.4. The number of carboxylic acids is 1. The first-order chi connectivity index (χ1) is 17.3. The van der Waals surface area contributed by atoms with Crippen molar-refractivity contribution in [2.75, 3.05) is 20.8 Å². The third-order valence-electron chi connectivity index (χ3n) is 5.29. The zero-order valence-corrected chi connectivity index (χ0v) is 20.4. The molecule has 0 saturated heterocycles. The Hall–Kier alpha value is -4.34. The van der Waals surface area contributed by atoms with E-state index < -0.39 is 23.5 Å². The number of ether oxygens (including phenoxy) is 3. The molecule has 2 aromatic carbocycles. The van der Waals surface area contributed by atoms with Gasteiger partial charge in [-0.3, -0.25) is 14.4 Å². The molecule has 0 saturated carbocycles. The average Bonchev–Trinajstić information content (AvgIpc) is 2.86. The SMILES string of the molecule is CCCOc1ccc(C(CC(=O)O)NC(=O)c2cc(=O)[nH]c(Cc3ccc(OC)cc3)n2)cc1OC. The molecule has 0 aliphatic rings. The van der Waals surface area contributed by atoms with E-state index in [0.29, 0.717) is 35.2 Å². The molecular weight excluding hydrogens is 466 g/mol. The number of nitrogens with zero attached hydrogens (tertiary/aromatic N) is 1. The van der Waals surface area contributed by atoms with Crippen LogP contribution >= 0.6 is 0 Å². The number of carbonyl (C=O) groups is 2. The number of rotatable bonds is 12. The van der Waals surface area contributed by atoms with E-state index in [9.17, 15) is 19.5 Å². The number of hydrogen-bond donors (Lipinski definition) is 3. The minimum atomic E-state index is -1.11. The van der Waals surface area contributed by atoms with E-state index in [1.807, 2.05) is 19.1 Å². The smallest absolute Gasteiger partial charge is 0.305 e. The fraction of sp³-hybridized carbons (Fsp3) is 0.308. The summed E-state index contributed by atoms with van der Waals surface area (Å²) in [7, 11) is 3.05. The molecule has 0 fully saturated rings. The van der Waals surface area contributed by atoms with Crippen molar-refractivity contribution in [2.24, 2.45) is 0 Å². The minimum Gasteiger partial charge on any atom is -0.497 e. The number of aromatic nitrogens is 2. The summed E-state index contributed by atoms with van der Waals surface area (Å²) in [6.45, 7) is 2.47. The zero-order valence-electron chi connectivity index (χ0n) is 20.4. The van der Waals surface area contributed by atoms with Crippen LogP contribution in [0, 0.1) is 0 Å². The van der Waals surface area contributed by atoms with Crippen molar-refractivity contribution in [1.82, 2.24) is 15.3 Å². The molecule has 0 aliphatic carbocycles. The fourth-order valence-electron chi connectivity index (χ4n) is 3.54. The molecular formula is C26H29N3O7. The molecule has 3 aromatic rings. The van der Waals surface area contributed by atoms with Crippen LogP contribution in [0.3, 0.4) is 0 Å². The van der Waals surface area contributed by atoms with Crippen LogP contribution in [-0.2, 0) is 11.2 Å². The lowest BCUT2D eigenvalue weighted by molar-refractivity contribution is -0.137. The molecule has 0 bridgehead atoms. The first kappa shape index (κ1) is 26.3. The van der Waals surface area contributed by atoms with Crippen molar-refractivity contribution < 1.29 is 28.9 Å². The maximum atomic E-state index is 13.0. The van der Waals surface area contributed by atoms with Crippen LogP contribution in [0.25, 0.3) is 0 Å². The Balaban J connectivity index is 1.83. The number of benzene rings is 2. The standard InChI is InChI=1S/C26H29N3O7/c1-4-11-36-21-10-7-17(13-22(21)35-3)19(15-25(31)32)28-26(33)20-14-24(30)29-23(27-20)12-16-5-8-18(34-2)9-6-16/h5-10,13-14,19H,4,11-12,15H2,1-3H3,(H,28,33)(H,31,32)(H,27,29,30). The number of H-pyrrole nitrogens is 1. The van der Waals surface area contributed by atoms with Gasteiger partial charge in [0.15, 0.2) is 11.5 Å². The molecule has 1 aromatic heterocycles. The Kier molecular flexibility index (Phi) is 9.04. The number of aliphatic carboxylic acids is 1. The zero-order chi connectivity index (χ0) is 26.1. The van der Waals surface area contributed by atoms with Crippen molar-refractivity contribution in [1.29, 1.82) is 0 Å². The first-order valence-corrected chi connectivity index (χ1v) is 11.4. The summed E-state index contributed by atoms with van der Waals surface area (Å²) in [5, 5.41) is 12.1. The Morgan fingerprint density at radius 3 is 2.44 bits per heavy atom. The van der Waals surface area contributed by atoms with Gasteiger partial charge in [0.2, 0.25) is 0 Å². The van der Waals surface area contributed by atoms with Gasteiger partial charge in [-0.1, -0.05) is 25.1 Å². The molecule has 10 heteroatoms. The van der Waals surface area contributed by atoms with E-state index in [0.717, 1.165) is 18.1 Å². The minimum absolute atomic E-state index is 0.118. The molecule has 1 heterocycles. The lowest BCUT2D eigenvalue weighted by atomic mass is 10.0. The highest BCUT2D eigenvalue weighted by molar-refractivity contribution is 5.92. The number of amides is 1. The number of nitrogens with one attached hydrogen (secondary N) is 2. The van der Waals surface area contributed by atoms with Crippen molar-refractivity contribution in [3.05, 3.63) is 81.5 Å². The molecule has 3 rings (SSSR count). The third kappa shape index (κ3) is 7.08. The number of carbonyl (C=O) groups excluding carboxylic acids is 1.